The Labute approximate surface area is 116 Å². The van der Waals surface area contributed by atoms with Crippen LogP contribution in [-0.2, 0) is 4.79 Å². The maximum atomic E-state index is 11.7. The average Bonchev–Trinajstić information content (AvgIpc) is 2.86. The van der Waals surface area contributed by atoms with Gasteiger partial charge in [-0.3, -0.25) is 15.1 Å². The molecule has 0 radical (unpaired) electrons. The maximum Gasteiger partial charge on any atom is 0.250 e. The number of aromatic nitrogens is 2. The standard InChI is InChI=1S/C14H15N3OS/c1-10(2)12-9-19-14(16-12)17-13(18)6-5-11-4-3-7-15-8-11/h3-10H,1-2H3,(H,16,17,18)/b6-5+. The third-order valence-corrected chi connectivity index (χ3v) is 3.23. The smallest absolute Gasteiger partial charge is 0.250 e. The van der Waals surface area contributed by atoms with E-state index in [2.05, 4.69) is 29.1 Å². The van der Waals surface area contributed by atoms with Crippen molar-refractivity contribution >= 4 is 28.5 Å². The molecule has 98 valence electrons. The molecule has 2 aromatic heterocycles. The Hall–Kier alpha value is -2.01. The first-order valence-electron chi connectivity index (χ1n) is 5.99. The molecule has 0 unspecified atom stereocenters. The first kappa shape index (κ1) is 13.4. The number of rotatable bonds is 4. The number of amides is 1. The van der Waals surface area contributed by atoms with E-state index < -0.39 is 0 Å². The minimum Gasteiger partial charge on any atom is -0.298 e. The minimum atomic E-state index is -0.187. The van der Waals surface area contributed by atoms with Gasteiger partial charge in [0, 0.05) is 23.8 Å². The third kappa shape index (κ3) is 3.99. The molecule has 4 nitrogen and oxygen atoms in total. The Morgan fingerprint density at radius 3 is 2.95 bits per heavy atom. The topological polar surface area (TPSA) is 54.9 Å². The first-order valence-corrected chi connectivity index (χ1v) is 6.87. The lowest BCUT2D eigenvalue weighted by atomic mass is 10.2. The fourth-order valence-electron chi connectivity index (χ4n) is 1.40. The van der Waals surface area contributed by atoms with Crippen molar-refractivity contribution in [2.45, 2.75) is 19.8 Å². The van der Waals surface area contributed by atoms with Crippen LogP contribution in [0.4, 0.5) is 5.13 Å². The van der Waals surface area contributed by atoms with E-state index in [1.807, 2.05) is 17.5 Å². The molecule has 1 N–H and O–H groups in total. The maximum absolute atomic E-state index is 11.7. The first-order chi connectivity index (χ1) is 9.15. The highest BCUT2D eigenvalue weighted by Crippen LogP contribution is 2.21. The number of carbonyl (C=O) groups excluding carboxylic acids is 1. The van der Waals surface area contributed by atoms with Gasteiger partial charge >= 0.3 is 0 Å². The summed E-state index contributed by atoms with van der Waals surface area (Å²) in [4.78, 5) is 20.0. The highest BCUT2D eigenvalue weighted by Gasteiger charge is 2.06. The molecule has 0 fully saturated rings. The zero-order chi connectivity index (χ0) is 13.7. The van der Waals surface area contributed by atoms with Crippen molar-refractivity contribution in [2.24, 2.45) is 0 Å². The van der Waals surface area contributed by atoms with Crippen LogP contribution < -0.4 is 5.32 Å². The molecule has 5 heteroatoms. The van der Waals surface area contributed by atoms with E-state index in [4.69, 9.17) is 0 Å². The Kier molecular flexibility index (Phi) is 4.41. The molecule has 0 aliphatic rings. The lowest BCUT2D eigenvalue weighted by Gasteiger charge is -1.98. The molecule has 2 rings (SSSR count). The number of pyridine rings is 1. The predicted molar refractivity (Wildman–Crippen MR) is 78.1 cm³/mol. The number of nitrogens with one attached hydrogen (secondary N) is 1. The van der Waals surface area contributed by atoms with Gasteiger partial charge in [0.05, 0.1) is 5.69 Å². The molecule has 0 aliphatic carbocycles. The van der Waals surface area contributed by atoms with Crippen molar-refractivity contribution in [3.05, 3.63) is 47.2 Å². The monoisotopic (exact) mass is 273 g/mol. The second-order valence-corrected chi connectivity index (χ2v) is 5.20. The number of hydrogen-bond acceptors (Lipinski definition) is 4. The number of carbonyl (C=O) groups is 1. The second-order valence-electron chi connectivity index (χ2n) is 4.34. The Bertz CT molecular complexity index is 575. The highest BCUT2D eigenvalue weighted by atomic mass is 32.1. The van der Waals surface area contributed by atoms with Crippen molar-refractivity contribution in [3.63, 3.8) is 0 Å². The van der Waals surface area contributed by atoms with Crippen LogP contribution in [0.25, 0.3) is 6.08 Å². The molecule has 0 bridgehead atoms. The van der Waals surface area contributed by atoms with Crippen molar-refractivity contribution in [1.82, 2.24) is 9.97 Å². The molecule has 2 aromatic rings. The number of anilines is 1. The molecular weight excluding hydrogens is 258 g/mol. The van der Waals surface area contributed by atoms with Gasteiger partial charge in [-0.15, -0.1) is 11.3 Å². The number of thiazole rings is 1. The summed E-state index contributed by atoms with van der Waals surface area (Å²) in [6.45, 7) is 4.14. The summed E-state index contributed by atoms with van der Waals surface area (Å²) in [6.07, 6.45) is 6.59. The lowest BCUT2D eigenvalue weighted by Crippen LogP contribution is -2.07. The van der Waals surface area contributed by atoms with Gasteiger partial charge in [0.25, 0.3) is 0 Å². The molecular formula is C14H15N3OS. The van der Waals surface area contributed by atoms with Crippen LogP contribution >= 0.6 is 11.3 Å². The van der Waals surface area contributed by atoms with Crippen LogP contribution in [0.3, 0.4) is 0 Å². The minimum absolute atomic E-state index is 0.187. The molecule has 0 aliphatic heterocycles. The zero-order valence-electron chi connectivity index (χ0n) is 10.8. The normalized spacial score (nSPS) is 11.1. The summed E-state index contributed by atoms with van der Waals surface area (Å²) < 4.78 is 0. The van der Waals surface area contributed by atoms with Crippen molar-refractivity contribution in [2.75, 3.05) is 5.32 Å². The summed E-state index contributed by atoms with van der Waals surface area (Å²) >= 11 is 1.44. The number of hydrogen-bond donors (Lipinski definition) is 1. The van der Waals surface area contributed by atoms with Gasteiger partial charge < -0.3 is 0 Å². The van der Waals surface area contributed by atoms with Crippen molar-refractivity contribution in [1.29, 1.82) is 0 Å². The van der Waals surface area contributed by atoms with E-state index in [0.717, 1.165) is 11.3 Å². The molecule has 0 atom stereocenters. The van der Waals surface area contributed by atoms with Gasteiger partial charge in [0.2, 0.25) is 5.91 Å². The molecule has 19 heavy (non-hydrogen) atoms. The largest absolute Gasteiger partial charge is 0.298 e. The Morgan fingerprint density at radius 2 is 2.32 bits per heavy atom. The molecule has 0 saturated carbocycles. The summed E-state index contributed by atoms with van der Waals surface area (Å²) in [5, 5.41) is 5.34. The van der Waals surface area contributed by atoms with Crippen molar-refractivity contribution in [3.8, 4) is 0 Å². The van der Waals surface area contributed by atoms with Crippen LogP contribution in [0, 0.1) is 0 Å². The molecule has 0 spiro atoms. The van der Waals surface area contributed by atoms with Gasteiger partial charge in [0.15, 0.2) is 5.13 Å². The fraction of sp³-hybridized carbons (Fsp3) is 0.214. The van der Waals surface area contributed by atoms with E-state index >= 15 is 0 Å². The van der Waals surface area contributed by atoms with Gasteiger partial charge in [0.1, 0.15) is 0 Å². The van der Waals surface area contributed by atoms with E-state index in [1.54, 1.807) is 18.5 Å². The van der Waals surface area contributed by atoms with E-state index in [9.17, 15) is 4.79 Å². The Balaban J connectivity index is 1.95. The second kappa shape index (κ2) is 6.24. The van der Waals surface area contributed by atoms with Gasteiger partial charge in [-0.25, -0.2) is 4.98 Å². The number of nitrogens with zero attached hydrogens (tertiary/aromatic N) is 2. The van der Waals surface area contributed by atoms with Crippen LogP contribution in [0.1, 0.15) is 31.0 Å². The lowest BCUT2D eigenvalue weighted by molar-refractivity contribution is -0.111. The third-order valence-electron chi connectivity index (χ3n) is 2.46. The Morgan fingerprint density at radius 1 is 1.47 bits per heavy atom. The summed E-state index contributed by atoms with van der Waals surface area (Å²) in [6, 6.07) is 3.71. The van der Waals surface area contributed by atoms with Gasteiger partial charge in [-0.2, -0.15) is 0 Å². The summed E-state index contributed by atoms with van der Waals surface area (Å²) in [5.41, 5.74) is 1.89. The van der Waals surface area contributed by atoms with E-state index in [-0.39, 0.29) is 5.91 Å². The quantitative estimate of drug-likeness (QED) is 0.869. The molecule has 0 aromatic carbocycles. The average molecular weight is 273 g/mol. The highest BCUT2D eigenvalue weighted by molar-refractivity contribution is 7.14. The molecule has 0 saturated heterocycles. The van der Waals surface area contributed by atoms with Crippen LogP contribution in [-0.4, -0.2) is 15.9 Å². The fourth-order valence-corrected chi connectivity index (χ4v) is 2.28. The van der Waals surface area contributed by atoms with E-state index in [0.29, 0.717) is 11.0 Å². The van der Waals surface area contributed by atoms with Crippen LogP contribution in [0.2, 0.25) is 0 Å². The SMILES string of the molecule is CC(C)c1csc(NC(=O)/C=C/c2cccnc2)n1. The summed E-state index contributed by atoms with van der Waals surface area (Å²) in [7, 11) is 0. The predicted octanol–water partition coefficient (Wildman–Crippen LogP) is 3.31. The van der Waals surface area contributed by atoms with Crippen LogP contribution in [0.5, 0.6) is 0 Å². The van der Waals surface area contributed by atoms with Crippen LogP contribution in [0.15, 0.2) is 36.0 Å². The summed E-state index contributed by atoms with van der Waals surface area (Å²) in [5.74, 6) is 0.182. The molecule has 1 amide bonds. The van der Waals surface area contributed by atoms with E-state index in [1.165, 1.54) is 17.4 Å². The zero-order valence-corrected chi connectivity index (χ0v) is 11.6. The molecule has 2 heterocycles. The van der Waals surface area contributed by atoms with Gasteiger partial charge in [-0.1, -0.05) is 19.9 Å². The van der Waals surface area contributed by atoms with Crippen molar-refractivity contribution < 1.29 is 4.79 Å². The van der Waals surface area contributed by atoms with Gasteiger partial charge in [-0.05, 0) is 23.6 Å².